The zero-order valence-corrected chi connectivity index (χ0v) is 20.2. The number of aryl methyl sites for hydroxylation is 1. The molecule has 2 heterocycles. The predicted molar refractivity (Wildman–Crippen MR) is 118 cm³/mol. The summed E-state index contributed by atoms with van der Waals surface area (Å²) in [5.74, 6) is 0.397. The Labute approximate surface area is 185 Å². The van der Waals surface area contributed by atoms with Crippen molar-refractivity contribution in [2.75, 3.05) is 6.54 Å². The van der Waals surface area contributed by atoms with Gasteiger partial charge >= 0.3 is 6.09 Å². The highest BCUT2D eigenvalue weighted by Gasteiger charge is 2.23. The van der Waals surface area contributed by atoms with E-state index < -0.39 is 17.7 Å². The monoisotopic (exact) mass is 489 g/mol. The molecule has 7 nitrogen and oxygen atoms in total. The maximum Gasteiger partial charge on any atom is 0.407 e. The van der Waals surface area contributed by atoms with Crippen molar-refractivity contribution in [3.05, 3.63) is 27.0 Å². The Hall–Kier alpha value is -1.80. The zero-order valence-electron chi connectivity index (χ0n) is 17.9. The van der Waals surface area contributed by atoms with Gasteiger partial charge in [-0.2, -0.15) is 0 Å². The Kier molecular flexibility index (Phi) is 9.42. The predicted octanol–water partition coefficient (Wildman–Crippen LogP) is 5.15. The molecule has 1 unspecified atom stereocenters. The number of ether oxygens (including phenoxy) is 1. The van der Waals surface area contributed by atoms with E-state index in [9.17, 15) is 9.59 Å². The van der Waals surface area contributed by atoms with Gasteiger partial charge in [0.1, 0.15) is 22.0 Å². The van der Waals surface area contributed by atoms with Crippen molar-refractivity contribution in [1.29, 1.82) is 0 Å². The van der Waals surface area contributed by atoms with Gasteiger partial charge in [-0.1, -0.05) is 25.4 Å². The summed E-state index contributed by atoms with van der Waals surface area (Å²) in [4.78, 5) is 27.7. The number of nitrogens with one attached hydrogen (secondary N) is 2. The Morgan fingerprint density at radius 2 is 1.97 bits per heavy atom. The minimum atomic E-state index is -0.625. The number of hydrogen-bond donors (Lipinski definition) is 2. The number of carbonyl (C=O) groups is 2. The van der Waals surface area contributed by atoms with Crippen LogP contribution in [0.2, 0.25) is 5.15 Å². The minimum absolute atomic E-state index is 0.195. The van der Waals surface area contributed by atoms with Gasteiger partial charge in [-0.05, 0) is 55.3 Å². The first-order valence-corrected chi connectivity index (χ1v) is 10.6. The molecule has 0 fully saturated rings. The number of amides is 2. The molecular weight excluding hydrogens is 462 g/mol. The van der Waals surface area contributed by atoms with Crippen molar-refractivity contribution in [2.45, 2.75) is 66.5 Å². The second-order valence-corrected chi connectivity index (χ2v) is 8.44. The van der Waals surface area contributed by atoms with Gasteiger partial charge in [0.05, 0.1) is 10.5 Å². The highest BCUT2D eigenvalue weighted by molar-refractivity contribution is 9.10. The standard InChI is InChI=1S/C18H23BrClN3O4.C2H6/c1-9-6-13(20)23-15-14(19)12(26-16(9)15)7-11(8-21-10(2)24)22-17(25)27-18(3,4)5;1-2/h6,11H,7-8H2,1-5H3,(H,21,24)(H,22,25);1-2H3. The van der Waals surface area contributed by atoms with E-state index in [1.54, 1.807) is 26.8 Å². The summed E-state index contributed by atoms with van der Waals surface area (Å²) in [5, 5.41) is 5.85. The minimum Gasteiger partial charge on any atom is -0.458 e. The fourth-order valence-corrected chi connectivity index (χ4v) is 3.23. The number of fused-ring (bicyclic) bond motifs is 1. The molecule has 1 atom stereocenters. The second kappa shape index (κ2) is 10.8. The molecule has 2 rings (SSSR count). The van der Waals surface area contributed by atoms with Crippen molar-refractivity contribution >= 4 is 50.6 Å². The molecule has 0 radical (unpaired) electrons. The summed E-state index contributed by atoms with van der Waals surface area (Å²) in [6.07, 6.45) is -0.240. The molecular formula is C20H29BrClN3O4. The topological polar surface area (TPSA) is 93.5 Å². The van der Waals surface area contributed by atoms with Crippen molar-refractivity contribution in [2.24, 2.45) is 0 Å². The van der Waals surface area contributed by atoms with E-state index in [0.29, 0.717) is 32.9 Å². The Morgan fingerprint density at radius 1 is 1.34 bits per heavy atom. The first-order valence-electron chi connectivity index (χ1n) is 9.44. The van der Waals surface area contributed by atoms with E-state index in [0.717, 1.165) is 5.56 Å². The van der Waals surface area contributed by atoms with E-state index in [-0.39, 0.29) is 12.5 Å². The number of alkyl carbamates (subject to hydrolysis) is 1. The lowest BCUT2D eigenvalue weighted by atomic mass is 10.1. The summed E-state index contributed by atoms with van der Waals surface area (Å²) in [6, 6.07) is 1.29. The van der Waals surface area contributed by atoms with Gasteiger partial charge in [-0.3, -0.25) is 4.79 Å². The second-order valence-electron chi connectivity index (χ2n) is 7.26. The van der Waals surface area contributed by atoms with Crippen LogP contribution in [0.15, 0.2) is 15.0 Å². The van der Waals surface area contributed by atoms with Gasteiger partial charge in [0.15, 0.2) is 5.58 Å². The molecule has 29 heavy (non-hydrogen) atoms. The van der Waals surface area contributed by atoms with E-state index in [2.05, 4.69) is 31.5 Å². The molecule has 0 spiro atoms. The molecule has 0 aromatic carbocycles. The van der Waals surface area contributed by atoms with E-state index in [4.69, 9.17) is 20.8 Å². The highest BCUT2D eigenvalue weighted by atomic mass is 79.9. The normalized spacial score (nSPS) is 12.0. The van der Waals surface area contributed by atoms with Crippen LogP contribution < -0.4 is 10.6 Å². The fourth-order valence-electron chi connectivity index (χ4n) is 2.47. The van der Waals surface area contributed by atoms with Crippen LogP contribution in [0, 0.1) is 6.92 Å². The summed E-state index contributed by atoms with van der Waals surface area (Å²) in [6.45, 7) is 12.9. The number of rotatable bonds is 5. The third-order valence-electron chi connectivity index (χ3n) is 3.56. The zero-order chi connectivity index (χ0) is 22.4. The first-order chi connectivity index (χ1) is 13.5. The van der Waals surface area contributed by atoms with Gasteiger partial charge in [0, 0.05) is 19.9 Å². The highest BCUT2D eigenvalue weighted by Crippen LogP contribution is 2.33. The summed E-state index contributed by atoms with van der Waals surface area (Å²) in [7, 11) is 0. The quantitative estimate of drug-likeness (QED) is 0.565. The molecule has 0 aliphatic heterocycles. The SMILES string of the molecule is CC.CC(=O)NCC(Cc1oc2c(C)cc(Cl)nc2c1Br)NC(=O)OC(C)(C)C. The van der Waals surface area contributed by atoms with E-state index in [1.807, 2.05) is 20.8 Å². The first kappa shape index (κ1) is 25.2. The van der Waals surface area contributed by atoms with Crippen LogP contribution in [0.25, 0.3) is 11.1 Å². The molecule has 162 valence electrons. The molecule has 0 aliphatic carbocycles. The summed E-state index contributed by atoms with van der Waals surface area (Å²) >= 11 is 9.53. The van der Waals surface area contributed by atoms with Crippen LogP contribution in [0.4, 0.5) is 4.79 Å². The molecule has 2 amide bonds. The molecule has 0 aliphatic rings. The molecule has 2 aromatic rings. The van der Waals surface area contributed by atoms with Crippen LogP contribution in [-0.4, -0.2) is 35.2 Å². The van der Waals surface area contributed by atoms with Crippen molar-refractivity contribution in [3.8, 4) is 0 Å². The number of nitrogens with zero attached hydrogens (tertiary/aromatic N) is 1. The number of aromatic nitrogens is 1. The summed E-state index contributed by atoms with van der Waals surface area (Å²) in [5.41, 5.74) is 1.47. The van der Waals surface area contributed by atoms with E-state index >= 15 is 0 Å². The lowest BCUT2D eigenvalue weighted by Crippen LogP contribution is -2.46. The summed E-state index contributed by atoms with van der Waals surface area (Å²) < 4.78 is 11.9. The van der Waals surface area contributed by atoms with Crippen LogP contribution in [0.3, 0.4) is 0 Å². The van der Waals surface area contributed by atoms with Gasteiger partial charge < -0.3 is 19.8 Å². The average molecular weight is 491 g/mol. The van der Waals surface area contributed by atoms with E-state index in [1.165, 1.54) is 6.92 Å². The molecule has 0 saturated carbocycles. The number of halogens is 2. The van der Waals surface area contributed by atoms with Gasteiger partial charge in [-0.15, -0.1) is 0 Å². The number of hydrogen-bond acceptors (Lipinski definition) is 5. The number of carbonyl (C=O) groups excluding carboxylic acids is 2. The molecule has 0 saturated heterocycles. The third kappa shape index (κ3) is 7.85. The van der Waals surface area contributed by atoms with Crippen LogP contribution >= 0.6 is 27.5 Å². The Bertz CT molecular complexity index is 862. The Balaban J connectivity index is 0.00000204. The smallest absolute Gasteiger partial charge is 0.407 e. The maximum atomic E-state index is 12.1. The molecule has 2 aromatic heterocycles. The van der Waals surface area contributed by atoms with Gasteiger partial charge in [-0.25, -0.2) is 9.78 Å². The lowest BCUT2D eigenvalue weighted by Gasteiger charge is -2.23. The molecule has 9 heteroatoms. The van der Waals surface area contributed by atoms with Crippen molar-refractivity contribution < 1.29 is 18.7 Å². The van der Waals surface area contributed by atoms with Gasteiger partial charge in [0.25, 0.3) is 0 Å². The number of pyridine rings is 1. The molecule has 2 N–H and O–H groups in total. The van der Waals surface area contributed by atoms with Crippen molar-refractivity contribution in [1.82, 2.24) is 15.6 Å². The van der Waals surface area contributed by atoms with Crippen molar-refractivity contribution in [3.63, 3.8) is 0 Å². The largest absolute Gasteiger partial charge is 0.458 e. The third-order valence-corrected chi connectivity index (χ3v) is 4.57. The molecule has 0 bridgehead atoms. The maximum absolute atomic E-state index is 12.1. The Morgan fingerprint density at radius 3 is 2.52 bits per heavy atom. The van der Waals surface area contributed by atoms with Crippen LogP contribution in [-0.2, 0) is 16.0 Å². The average Bonchev–Trinajstić information content (AvgIpc) is 2.89. The van der Waals surface area contributed by atoms with Crippen LogP contribution in [0.1, 0.15) is 52.9 Å². The van der Waals surface area contributed by atoms with Crippen LogP contribution in [0.5, 0.6) is 0 Å². The number of furan rings is 1. The fraction of sp³-hybridized carbons (Fsp3) is 0.550. The lowest BCUT2D eigenvalue weighted by molar-refractivity contribution is -0.119. The van der Waals surface area contributed by atoms with Gasteiger partial charge in [0.2, 0.25) is 5.91 Å².